The number of hydrogen-bond donors (Lipinski definition) is 0. The lowest BCUT2D eigenvalue weighted by Crippen LogP contribution is -2.21. The second-order valence-electron chi connectivity index (χ2n) is 6.85. The van der Waals surface area contributed by atoms with Crippen molar-refractivity contribution in [3.63, 3.8) is 0 Å². The number of anilines is 1. The molecule has 1 saturated heterocycles. The first-order chi connectivity index (χ1) is 13.0. The molecular formula is C20H21N3O3S. The average Bonchev–Trinajstić information content (AvgIpc) is 3.16. The van der Waals surface area contributed by atoms with Crippen LogP contribution in [0.5, 0.6) is 5.75 Å². The maximum atomic E-state index is 11.9. The topological polar surface area (TPSA) is 72.4 Å². The minimum Gasteiger partial charge on any atom is -0.497 e. The van der Waals surface area contributed by atoms with E-state index in [-0.39, 0.29) is 4.90 Å². The Balaban J connectivity index is 1.66. The molecule has 0 saturated carbocycles. The van der Waals surface area contributed by atoms with Gasteiger partial charge in [-0.05, 0) is 42.3 Å². The number of benzene rings is 2. The van der Waals surface area contributed by atoms with Crippen molar-refractivity contribution in [3.05, 3.63) is 54.4 Å². The maximum absolute atomic E-state index is 11.9. The zero-order valence-electron chi connectivity index (χ0n) is 15.3. The molecule has 6 nitrogen and oxygen atoms in total. The molecule has 2 aromatic carbocycles. The van der Waals surface area contributed by atoms with Crippen LogP contribution in [0, 0.1) is 0 Å². The van der Waals surface area contributed by atoms with E-state index in [2.05, 4.69) is 27.0 Å². The normalized spacial score (nSPS) is 17.4. The van der Waals surface area contributed by atoms with Crippen LogP contribution in [-0.2, 0) is 9.84 Å². The number of nitrogens with zero attached hydrogens (tertiary/aromatic N) is 3. The van der Waals surface area contributed by atoms with E-state index < -0.39 is 9.84 Å². The van der Waals surface area contributed by atoms with Crippen LogP contribution in [-0.4, -0.2) is 44.8 Å². The number of sulfone groups is 1. The van der Waals surface area contributed by atoms with Crippen LogP contribution < -0.4 is 9.64 Å². The monoisotopic (exact) mass is 383 g/mol. The van der Waals surface area contributed by atoms with Crippen LogP contribution in [0.1, 0.15) is 17.9 Å². The fourth-order valence-electron chi connectivity index (χ4n) is 3.61. The molecule has 1 unspecified atom stereocenters. The Morgan fingerprint density at radius 3 is 2.59 bits per heavy atom. The van der Waals surface area contributed by atoms with Gasteiger partial charge in [-0.2, -0.15) is 0 Å². The van der Waals surface area contributed by atoms with Crippen molar-refractivity contribution in [1.82, 2.24) is 9.97 Å². The van der Waals surface area contributed by atoms with E-state index in [0.29, 0.717) is 5.92 Å². The van der Waals surface area contributed by atoms with Gasteiger partial charge in [-0.15, -0.1) is 0 Å². The summed E-state index contributed by atoms with van der Waals surface area (Å²) in [5.74, 6) is 2.05. The molecule has 0 aliphatic carbocycles. The van der Waals surface area contributed by atoms with Crippen molar-refractivity contribution in [2.24, 2.45) is 0 Å². The Morgan fingerprint density at radius 2 is 1.89 bits per heavy atom. The molecule has 0 amide bonds. The molecule has 3 aromatic rings. The van der Waals surface area contributed by atoms with E-state index in [0.717, 1.165) is 42.0 Å². The second-order valence-corrected chi connectivity index (χ2v) is 8.87. The summed E-state index contributed by atoms with van der Waals surface area (Å²) in [6.45, 7) is 1.70. The van der Waals surface area contributed by atoms with Gasteiger partial charge in [-0.1, -0.05) is 12.1 Å². The summed E-state index contributed by atoms with van der Waals surface area (Å²) in [5.41, 5.74) is 2.02. The highest BCUT2D eigenvalue weighted by Crippen LogP contribution is 2.34. The summed E-state index contributed by atoms with van der Waals surface area (Å²) in [6, 6.07) is 13.2. The molecule has 0 radical (unpaired) electrons. The van der Waals surface area contributed by atoms with Crippen molar-refractivity contribution >= 4 is 26.6 Å². The molecule has 1 atom stereocenters. The maximum Gasteiger partial charge on any atom is 0.175 e. The highest BCUT2D eigenvalue weighted by molar-refractivity contribution is 7.90. The smallest absolute Gasteiger partial charge is 0.175 e. The first kappa shape index (κ1) is 17.7. The fourth-order valence-corrected chi connectivity index (χ4v) is 4.25. The van der Waals surface area contributed by atoms with Gasteiger partial charge in [0.25, 0.3) is 0 Å². The van der Waals surface area contributed by atoms with Gasteiger partial charge < -0.3 is 9.64 Å². The third-order valence-corrected chi connectivity index (χ3v) is 6.20. The predicted molar refractivity (Wildman–Crippen MR) is 105 cm³/mol. The van der Waals surface area contributed by atoms with Crippen molar-refractivity contribution in [2.45, 2.75) is 17.2 Å². The molecule has 1 aliphatic rings. The summed E-state index contributed by atoms with van der Waals surface area (Å²) in [4.78, 5) is 11.3. The lowest BCUT2D eigenvalue weighted by Gasteiger charge is -2.19. The van der Waals surface area contributed by atoms with Crippen molar-refractivity contribution in [1.29, 1.82) is 0 Å². The lowest BCUT2D eigenvalue weighted by atomic mass is 9.98. The Kier molecular flexibility index (Phi) is 4.47. The van der Waals surface area contributed by atoms with E-state index in [1.54, 1.807) is 31.6 Å². The Hall–Kier alpha value is -2.67. The van der Waals surface area contributed by atoms with Crippen LogP contribution in [0.3, 0.4) is 0 Å². The minimum absolute atomic E-state index is 0.289. The van der Waals surface area contributed by atoms with E-state index in [1.165, 1.54) is 11.8 Å². The largest absolute Gasteiger partial charge is 0.497 e. The van der Waals surface area contributed by atoms with Crippen LogP contribution in [0.2, 0.25) is 0 Å². The molecule has 1 aromatic heterocycles. The zero-order chi connectivity index (χ0) is 19.0. The highest BCUT2D eigenvalue weighted by atomic mass is 32.2. The lowest BCUT2D eigenvalue weighted by molar-refractivity contribution is 0.414. The molecule has 0 spiro atoms. The van der Waals surface area contributed by atoms with Gasteiger partial charge >= 0.3 is 0 Å². The Morgan fingerprint density at radius 1 is 1.11 bits per heavy atom. The molecule has 0 bridgehead atoms. The first-order valence-electron chi connectivity index (χ1n) is 8.79. The van der Waals surface area contributed by atoms with Gasteiger partial charge in [0.15, 0.2) is 9.84 Å². The van der Waals surface area contributed by atoms with E-state index >= 15 is 0 Å². The van der Waals surface area contributed by atoms with Crippen LogP contribution in [0.4, 0.5) is 5.82 Å². The first-order valence-corrected chi connectivity index (χ1v) is 10.7. The van der Waals surface area contributed by atoms with Crippen LogP contribution in [0.25, 0.3) is 10.9 Å². The molecule has 7 heteroatoms. The Bertz CT molecular complexity index is 1080. The fraction of sp³-hybridized carbons (Fsp3) is 0.300. The SMILES string of the molecule is COc1ccc(C2CCN(c3ncnc4ccc(S(C)(=O)=O)cc34)C2)cc1. The zero-order valence-corrected chi connectivity index (χ0v) is 16.1. The van der Waals surface area contributed by atoms with Crippen LogP contribution in [0.15, 0.2) is 53.7 Å². The van der Waals surface area contributed by atoms with Crippen molar-refractivity contribution in [2.75, 3.05) is 31.4 Å². The Labute approximate surface area is 158 Å². The molecule has 1 aliphatic heterocycles. The molecule has 2 heterocycles. The number of methoxy groups -OCH3 is 1. The number of rotatable bonds is 4. The van der Waals surface area contributed by atoms with Gasteiger partial charge in [0.2, 0.25) is 0 Å². The van der Waals surface area contributed by atoms with Crippen molar-refractivity contribution < 1.29 is 13.2 Å². The average molecular weight is 383 g/mol. The molecule has 0 N–H and O–H groups in total. The highest BCUT2D eigenvalue weighted by Gasteiger charge is 2.26. The standard InChI is InChI=1S/C20H21N3O3S/c1-26-16-5-3-14(4-6-16)15-9-10-23(12-15)20-18-11-17(27(2,24)25)7-8-19(18)21-13-22-20/h3-8,11,13,15H,9-10,12H2,1-2H3. The molecule has 140 valence electrons. The summed E-state index contributed by atoms with van der Waals surface area (Å²) in [5, 5.41) is 0.774. The van der Waals surface area contributed by atoms with Gasteiger partial charge in [0.1, 0.15) is 17.9 Å². The molecule has 4 rings (SSSR count). The summed E-state index contributed by atoms with van der Waals surface area (Å²) >= 11 is 0. The van der Waals surface area contributed by atoms with Gasteiger partial charge in [-0.3, -0.25) is 0 Å². The van der Waals surface area contributed by atoms with E-state index in [1.807, 2.05) is 12.1 Å². The molecule has 1 fully saturated rings. The van der Waals surface area contributed by atoms with Crippen LogP contribution >= 0.6 is 0 Å². The second kappa shape index (κ2) is 6.81. The van der Waals surface area contributed by atoms with Crippen molar-refractivity contribution in [3.8, 4) is 5.75 Å². The number of aromatic nitrogens is 2. The molecule has 27 heavy (non-hydrogen) atoms. The summed E-state index contributed by atoms with van der Waals surface area (Å²) < 4.78 is 29.1. The third kappa shape index (κ3) is 3.47. The van der Waals surface area contributed by atoms with E-state index in [4.69, 9.17) is 4.74 Å². The number of hydrogen-bond acceptors (Lipinski definition) is 6. The van der Waals surface area contributed by atoms with E-state index in [9.17, 15) is 8.42 Å². The number of fused-ring (bicyclic) bond motifs is 1. The summed E-state index contributed by atoms with van der Waals surface area (Å²) in [6.07, 6.45) is 3.77. The predicted octanol–water partition coefficient (Wildman–Crippen LogP) is 3.04. The third-order valence-electron chi connectivity index (χ3n) is 5.09. The summed E-state index contributed by atoms with van der Waals surface area (Å²) in [7, 11) is -1.62. The number of ether oxygens (including phenoxy) is 1. The van der Waals surface area contributed by atoms with Gasteiger partial charge in [0.05, 0.1) is 17.5 Å². The minimum atomic E-state index is -3.28. The van der Waals surface area contributed by atoms with Gasteiger partial charge in [0, 0.05) is 30.6 Å². The van der Waals surface area contributed by atoms with Gasteiger partial charge in [-0.25, -0.2) is 18.4 Å². The molecular weight excluding hydrogens is 362 g/mol. The quantitative estimate of drug-likeness (QED) is 0.690.